The predicted molar refractivity (Wildman–Crippen MR) is 87.5 cm³/mol. The number of hydrogen-bond acceptors (Lipinski definition) is 3. The van der Waals surface area contributed by atoms with Crippen LogP contribution in [0.15, 0.2) is 18.2 Å². The lowest BCUT2D eigenvalue weighted by Crippen LogP contribution is -2.36. The zero-order valence-electron chi connectivity index (χ0n) is 13.8. The highest BCUT2D eigenvalue weighted by molar-refractivity contribution is 5.80. The Hall–Kier alpha value is -2.04. The maximum atomic E-state index is 12.2. The third kappa shape index (κ3) is 4.71. The van der Waals surface area contributed by atoms with Crippen LogP contribution in [0.25, 0.3) is 0 Å². The van der Waals surface area contributed by atoms with Crippen LogP contribution in [0.1, 0.15) is 36.8 Å². The van der Waals surface area contributed by atoms with E-state index in [1.54, 1.807) is 7.11 Å². The first kappa shape index (κ1) is 17.3. The van der Waals surface area contributed by atoms with Crippen molar-refractivity contribution >= 4 is 11.9 Å². The highest BCUT2D eigenvalue weighted by atomic mass is 16.5. The number of carboxylic acids is 1. The molecule has 1 fully saturated rings. The number of rotatable bonds is 6. The van der Waals surface area contributed by atoms with Crippen molar-refractivity contribution in [3.05, 3.63) is 29.3 Å². The number of ether oxygens (including phenoxy) is 1. The molecular weight excluding hydrogens is 294 g/mol. The Labute approximate surface area is 137 Å². The second-order valence-corrected chi connectivity index (χ2v) is 6.26. The Morgan fingerprint density at radius 1 is 1.30 bits per heavy atom. The molecule has 126 valence electrons. The second-order valence-electron chi connectivity index (χ2n) is 6.26. The summed E-state index contributed by atoms with van der Waals surface area (Å²) in [5.74, 6) is -0.538. The lowest BCUT2D eigenvalue weighted by molar-refractivity contribution is -0.144. The quantitative estimate of drug-likeness (QED) is 0.845. The topological polar surface area (TPSA) is 75.6 Å². The van der Waals surface area contributed by atoms with Crippen LogP contribution in [0.3, 0.4) is 0 Å². The molecule has 2 atom stereocenters. The first-order valence-electron chi connectivity index (χ1n) is 8.15. The molecule has 0 bridgehead atoms. The molecule has 1 aromatic rings. The van der Waals surface area contributed by atoms with Gasteiger partial charge in [0.1, 0.15) is 5.75 Å². The fourth-order valence-electron chi connectivity index (χ4n) is 3.22. The van der Waals surface area contributed by atoms with Crippen LogP contribution in [0.4, 0.5) is 0 Å². The molecule has 0 radical (unpaired) electrons. The SMILES string of the molecule is COc1ccc(C)cc1CCNC(=O)C1CCCC(C(=O)O)C1. The van der Waals surface area contributed by atoms with Crippen LogP contribution >= 0.6 is 0 Å². The van der Waals surface area contributed by atoms with E-state index in [0.717, 1.165) is 29.7 Å². The van der Waals surface area contributed by atoms with Crippen LogP contribution < -0.4 is 10.1 Å². The molecule has 1 amide bonds. The predicted octanol–water partition coefficient (Wildman–Crippen LogP) is 2.55. The van der Waals surface area contributed by atoms with Crippen LogP contribution in [0, 0.1) is 18.8 Å². The molecule has 23 heavy (non-hydrogen) atoms. The van der Waals surface area contributed by atoms with Gasteiger partial charge < -0.3 is 15.2 Å². The summed E-state index contributed by atoms with van der Waals surface area (Å²) in [7, 11) is 1.64. The Morgan fingerprint density at radius 2 is 2.04 bits per heavy atom. The standard InChI is InChI=1S/C18H25NO4/c1-12-6-7-16(23-2)13(10-12)8-9-19-17(20)14-4-3-5-15(11-14)18(21)22/h6-7,10,14-15H,3-5,8-9,11H2,1-2H3,(H,19,20)(H,21,22). The molecule has 0 aromatic heterocycles. The summed E-state index contributed by atoms with van der Waals surface area (Å²) in [4.78, 5) is 23.3. The lowest BCUT2D eigenvalue weighted by Gasteiger charge is -2.25. The third-order valence-corrected chi connectivity index (χ3v) is 4.52. The van der Waals surface area contributed by atoms with Gasteiger partial charge in [0.15, 0.2) is 0 Å². The molecule has 1 aliphatic rings. The first-order valence-corrected chi connectivity index (χ1v) is 8.15. The normalized spacial score (nSPS) is 20.8. The molecule has 0 saturated heterocycles. The van der Waals surface area contributed by atoms with Crippen LogP contribution in [-0.4, -0.2) is 30.6 Å². The van der Waals surface area contributed by atoms with E-state index in [1.165, 1.54) is 0 Å². The van der Waals surface area contributed by atoms with Gasteiger partial charge >= 0.3 is 5.97 Å². The minimum Gasteiger partial charge on any atom is -0.496 e. The molecule has 0 heterocycles. The zero-order chi connectivity index (χ0) is 16.8. The molecule has 0 aliphatic heterocycles. The lowest BCUT2D eigenvalue weighted by atomic mass is 9.81. The van der Waals surface area contributed by atoms with Crippen LogP contribution in [-0.2, 0) is 16.0 Å². The Balaban J connectivity index is 1.85. The zero-order valence-corrected chi connectivity index (χ0v) is 13.8. The van der Waals surface area contributed by atoms with Crippen molar-refractivity contribution in [2.45, 2.75) is 39.0 Å². The number of aliphatic carboxylic acids is 1. The summed E-state index contributed by atoms with van der Waals surface area (Å²) >= 11 is 0. The number of amides is 1. The highest BCUT2D eigenvalue weighted by Crippen LogP contribution is 2.29. The average Bonchev–Trinajstić information content (AvgIpc) is 2.55. The van der Waals surface area contributed by atoms with Gasteiger partial charge in [0.25, 0.3) is 0 Å². The van der Waals surface area contributed by atoms with Gasteiger partial charge in [-0.3, -0.25) is 9.59 Å². The van der Waals surface area contributed by atoms with Crippen molar-refractivity contribution in [1.82, 2.24) is 5.32 Å². The third-order valence-electron chi connectivity index (χ3n) is 4.52. The largest absolute Gasteiger partial charge is 0.496 e. The molecule has 2 rings (SSSR count). The van der Waals surface area contributed by atoms with Crippen LogP contribution in [0.2, 0.25) is 0 Å². The van der Waals surface area contributed by atoms with Gasteiger partial charge in [-0.15, -0.1) is 0 Å². The van der Waals surface area contributed by atoms with Gasteiger partial charge in [0, 0.05) is 12.5 Å². The summed E-state index contributed by atoms with van der Waals surface area (Å²) in [6.45, 7) is 2.56. The molecule has 2 N–H and O–H groups in total. The summed E-state index contributed by atoms with van der Waals surface area (Å²) in [5.41, 5.74) is 2.23. The summed E-state index contributed by atoms with van der Waals surface area (Å²) < 4.78 is 5.34. The fraction of sp³-hybridized carbons (Fsp3) is 0.556. The van der Waals surface area contributed by atoms with E-state index in [2.05, 4.69) is 11.4 Å². The number of hydrogen-bond donors (Lipinski definition) is 2. The van der Waals surface area contributed by atoms with E-state index in [4.69, 9.17) is 9.84 Å². The molecule has 5 heteroatoms. The van der Waals surface area contributed by atoms with Gasteiger partial charge in [-0.25, -0.2) is 0 Å². The monoisotopic (exact) mass is 319 g/mol. The summed E-state index contributed by atoms with van der Waals surface area (Å²) in [6.07, 6.45) is 3.42. The van der Waals surface area contributed by atoms with Crippen molar-refractivity contribution in [2.24, 2.45) is 11.8 Å². The number of carbonyl (C=O) groups is 2. The number of nitrogens with one attached hydrogen (secondary N) is 1. The van der Waals surface area contributed by atoms with E-state index in [-0.39, 0.29) is 17.7 Å². The Bertz CT molecular complexity index is 570. The number of carboxylic acid groups (broad SMARTS) is 1. The number of methoxy groups -OCH3 is 1. The smallest absolute Gasteiger partial charge is 0.306 e. The molecule has 5 nitrogen and oxygen atoms in total. The summed E-state index contributed by atoms with van der Waals surface area (Å²) in [6, 6.07) is 5.99. The highest BCUT2D eigenvalue weighted by Gasteiger charge is 2.30. The minimum absolute atomic E-state index is 0.0254. The molecule has 0 spiro atoms. The molecular formula is C18H25NO4. The average molecular weight is 319 g/mol. The van der Waals surface area contributed by atoms with Crippen molar-refractivity contribution in [3.63, 3.8) is 0 Å². The molecule has 1 aromatic carbocycles. The number of carbonyl (C=O) groups excluding carboxylic acids is 1. The molecule has 1 saturated carbocycles. The molecule has 2 unspecified atom stereocenters. The number of aryl methyl sites for hydroxylation is 1. The number of benzene rings is 1. The van der Waals surface area contributed by atoms with Crippen molar-refractivity contribution < 1.29 is 19.4 Å². The summed E-state index contributed by atoms with van der Waals surface area (Å²) in [5, 5.41) is 12.0. The van der Waals surface area contributed by atoms with Crippen molar-refractivity contribution in [1.29, 1.82) is 0 Å². The second kappa shape index (κ2) is 7.99. The van der Waals surface area contributed by atoms with Gasteiger partial charge in [-0.05, 0) is 44.2 Å². The van der Waals surface area contributed by atoms with Gasteiger partial charge in [-0.2, -0.15) is 0 Å². The fourth-order valence-corrected chi connectivity index (χ4v) is 3.22. The van der Waals surface area contributed by atoms with E-state index >= 15 is 0 Å². The van der Waals surface area contributed by atoms with Crippen molar-refractivity contribution in [2.75, 3.05) is 13.7 Å². The Kier molecular flexibility index (Phi) is 6.02. The van der Waals surface area contributed by atoms with E-state index < -0.39 is 5.97 Å². The van der Waals surface area contributed by atoms with Gasteiger partial charge in [0.05, 0.1) is 13.0 Å². The van der Waals surface area contributed by atoms with E-state index in [1.807, 2.05) is 19.1 Å². The maximum absolute atomic E-state index is 12.2. The van der Waals surface area contributed by atoms with E-state index in [0.29, 0.717) is 25.8 Å². The molecule has 1 aliphatic carbocycles. The van der Waals surface area contributed by atoms with Gasteiger partial charge in [-0.1, -0.05) is 24.1 Å². The van der Waals surface area contributed by atoms with Crippen LogP contribution in [0.5, 0.6) is 5.75 Å². The van der Waals surface area contributed by atoms with Crippen molar-refractivity contribution in [3.8, 4) is 5.75 Å². The Morgan fingerprint density at radius 3 is 2.74 bits per heavy atom. The first-order chi connectivity index (χ1) is 11.0. The maximum Gasteiger partial charge on any atom is 0.306 e. The van der Waals surface area contributed by atoms with Gasteiger partial charge in [0.2, 0.25) is 5.91 Å². The minimum atomic E-state index is -0.785. The van der Waals surface area contributed by atoms with E-state index in [9.17, 15) is 9.59 Å².